The first-order valence-electron chi connectivity index (χ1n) is 13.5. The van der Waals surface area contributed by atoms with E-state index in [1.165, 1.54) is 13.2 Å². The third-order valence-electron chi connectivity index (χ3n) is 7.61. The van der Waals surface area contributed by atoms with Crippen LogP contribution in [0.4, 0.5) is 4.39 Å². The maximum Gasteiger partial charge on any atom is 0.307 e. The third-order valence-corrected chi connectivity index (χ3v) is 7.61. The molecule has 0 amide bonds. The average molecular weight is 544 g/mol. The topological polar surface area (TPSA) is 66.9 Å². The summed E-state index contributed by atoms with van der Waals surface area (Å²) in [6.07, 6.45) is 2.97. The number of aromatic nitrogens is 1. The number of halogens is 1. The zero-order valence-electron chi connectivity index (χ0n) is 23.4. The minimum atomic E-state index is -0.400. The van der Waals surface area contributed by atoms with E-state index >= 15 is 4.39 Å². The number of benzene rings is 2. The number of esters is 1. The van der Waals surface area contributed by atoms with Crippen molar-refractivity contribution in [1.29, 1.82) is 0 Å². The standard InChI is InChI=1S/C33H34FNO5/c1-5-6-23(16-31(36)37-4)22-7-9-24(10-8-22)40-29-14-12-26-25(11-13-28(34)32(26)29)27-17-35-30(15-21(27)2)39-20-33(3)18-38-19-33/h7-11,13,15,17,23,29H,12,14,16,18-20H2,1-4H3/t23-,29+/m0/s1. The second kappa shape index (κ2) is 11.7. The first-order chi connectivity index (χ1) is 19.3. The van der Waals surface area contributed by atoms with Crippen LogP contribution in [0.25, 0.3) is 11.1 Å². The van der Waals surface area contributed by atoms with Crippen LogP contribution >= 0.6 is 0 Å². The molecule has 1 saturated heterocycles. The Morgan fingerprint density at radius 3 is 2.62 bits per heavy atom. The van der Waals surface area contributed by atoms with Crippen molar-refractivity contribution in [3.8, 4) is 34.6 Å². The van der Waals surface area contributed by atoms with E-state index in [0.29, 0.717) is 49.9 Å². The Kier molecular flexibility index (Phi) is 8.09. The lowest BCUT2D eigenvalue weighted by atomic mass is 9.90. The van der Waals surface area contributed by atoms with Crippen LogP contribution in [-0.2, 0) is 20.7 Å². The van der Waals surface area contributed by atoms with Crippen LogP contribution in [0, 0.1) is 30.0 Å². The second-order valence-corrected chi connectivity index (χ2v) is 10.9. The fourth-order valence-corrected chi connectivity index (χ4v) is 5.34. The number of hydrogen-bond acceptors (Lipinski definition) is 6. The van der Waals surface area contributed by atoms with Crippen molar-refractivity contribution >= 4 is 5.97 Å². The van der Waals surface area contributed by atoms with E-state index in [1.54, 1.807) is 6.92 Å². The summed E-state index contributed by atoms with van der Waals surface area (Å²) in [5.74, 6) is 6.32. The van der Waals surface area contributed by atoms with Gasteiger partial charge in [0.2, 0.25) is 5.88 Å². The highest BCUT2D eigenvalue weighted by atomic mass is 19.1. The summed E-state index contributed by atoms with van der Waals surface area (Å²) in [6, 6.07) is 12.8. The molecule has 0 spiro atoms. The second-order valence-electron chi connectivity index (χ2n) is 10.9. The molecule has 1 aliphatic carbocycles. The molecule has 0 saturated carbocycles. The van der Waals surface area contributed by atoms with Crippen molar-refractivity contribution in [2.75, 3.05) is 26.9 Å². The van der Waals surface area contributed by atoms with Gasteiger partial charge in [0.15, 0.2) is 0 Å². The van der Waals surface area contributed by atoms with Gasteiger partial charge in [0.05, 0.1) is 39.3 Å². The lowest BCUT2D eigenvalue weighted by molar-refractivity contribution is -0.140. The Balaban J connectivity index is 1.33. The van der Waals surface area contributed by atoms with E-state index in [9.17, 15) is 4.79 Å². The van der Waals surface area contributed by atoms with E-state index in [1.807, 2.05) is 49.5 Å². The normalized spacial score (nSPS) is 17.6. The number of pyridine rings is 1. The van der Waals surface area contributed by atoms with Gasteiger partial charge in [-0.25, -0.2) is 9.37 Å². The Hall–Kier alpha value is -3.89. The number of hydrogen-bond donors (Lipinski definition) is 0. The molecule has 0 N–H and O–H groups in total. The SMILES string of the molecule is CC#C[C@@H](CC(=O)OC)c1ccc(O[C@@H]2CCc3c(-c4cnc(OCC5(C)COC5)cc4C)ccc(F)c32)cc1. The lowest BCUT2D eigenvalue weighted by Crippen LogP contribution is -2.44. The molecule has 0 unspecified atom stereocenters. The zero-order chi connectivity index (χ0) is 28.3. The Bertz CT molecular complexity index is 1450. The monoisotopic (exact) mass is 543 g/mol. The first kappa shape index (κ1) is 27.7. The minimum absolute atomic E-state index is 0.0374. The number of rotatable bonds is 9. The molecule has 40 heavy (non-hydrogen) atoms. The number of aryl methyl sites for hydroxylation is 1. The largest absolute Gasteiger partial charge is 0.486 e. The van der Waals surface area contributed by atoms with Gasteiger partial charge in [-0.1, -0.05) is 31.0 Å². The summed E-state index contributed by atoms with van der Waals surface area (Å²) in [5, 5.41) is 0. The van der Waals surface area contributed by atoms with Crippen LogP contribution in [0.15, 0.2) is 48.7 Å². The van der Waals surface area contributed by atoms with Gasteiger partial charge in [-0.05, 0) is 67.1 Å². The molecule has 3 aromatic rings. The van der Waals surface area contributed by atoms with Crippen LogP contribution in [-0.4, -0.2) is 37.9 Å². The summed E-state index contributed by atoms with van der Waals surface area (Å²) in [4.78, 5) is 16.3. The van der Waals surface area contributed by atoms with Gasteiger partial charge in [-0.2, -0.15) is 0 Å². The van der Waals surface area contributed by atoms with Gasteiger partial charge in [-0.15, -0.1) is 5.92 Å². The van der Waals surface area contributed by atoms with Crippen LogP contribution in [0.1, 0.15) is 61.0 Å². The molecule has 5 rings (SSSR count). The van der Waals surface area contributed by atoms with Crippen LogP contribution < -0.4 is 9.47 Å². The third kappa shape index (κ3) is 5.83. The van der Waals surface area contributed by atoms with Crippen LogP contribution in [0.2, 0.25) is 0 Å². The molecule has 2 heterocycles. The van der Waals surface area contributed by atoms with Gasteiger partial charge in [0, 0.05) is 28.8 Å². The van der Waals surface area contributed by atoms with Gasteiger partial charge >= 0.3 is 5.97 Å². The Morgan fingerprint density at radius 1 is 1.20 bits per heavy atom. The lowest BCUT2D eigenvalue weighted by Gasteiger charge is -2.37. The molecule has 1 fully saturated rings. The van der Waals surface area contributed by atoms with Gasteiger partial charge < -0.3 is 18.9 Å². The van der Waals surface area contributed by atoms with Gasteiger partial charge in [0.25, 0.3) is 0 Å². The highest BCUT2D eigenvalue weighted by molar-refractivity contribution is 5.73. The molecule has 2 aromatic carbocycles. The molecule has 0 bridgehead atoms. The minimum Gasteiger partial charge on any atom is -0.486 e. The highest BCUT2D eigenvalue weighted by Crippen LogP contribution is 2.42. The van der Waals surface area contributed by atoms with Crippen LogP contribution in [0.3, 0.4) is 0 Å². The van der Waals surface area contributed by atoms with Crippen molar-refractivity contribution in [3.05, 3.63) is 76.7 Å². The van der Waals surface area contributed by atoms with E-state index in [-0.39, 0.29) is 29.5 Å². The summed E-state index contributed by atoms with van der Waals surface area (Å²) >= 11 is 0. The smallest absolute Gasteiger partial charge is 0.307 e. The number of nitrogens with zero attached hydrogens (tertiary/aromatic N) is 1. The van der Waals surface area contributed by atoms with E-state index < -0.39 is 6.10 Å². The Labute approximate surface area is 234 Å². The molecule has 2 aliphatic rings. The molecule has 0 radical (unpaired) electrons. The molecule has 1 aromatic heterocycles. The molecule has 6 nitrogen and oxygen atoms in total. The molecule has 2 atom stereocenters. The predicted octanol–water partition coefficient (Wildman–Crippen LogP) is 6.35. The number of carbonyl (C=O) groups excluding carboxylic acids is 1. The number of fused-ring (bicyclic) bond motifs is 1. The first-order valence-corrected chi connectivity index (χ1v) is 13.5. The molecule has 1 aliphatic heterocycles. The predicted molar refractivity (Wildman–Crippen MR) is 150 cm³/mol. The van der Waals surface area contributed by atoms with E-state index in [4.69, 9.17) is 18.9 Å². The highest BCUT2D eigenvalue weighted by Gasteiger charge is 2.34. The number of ether oxygens (including phenoxy) is 4. The average Bonchev–Trinajstić information content (AvgIpc) is 3.36. The maximum atomic E-state index is 15.2. The maximum absolute atomic E-state index is 15.2. The summed E-state index contributed by atoms with van der Waals surface area (Å²) in [5.41, 5.74) is 5.44. The number of methoxy groups -OCH3 is 1. The van der Waals surface area contributed by atoms with Crippen molar-refractivity contribution in [3.63, 3.8) is 0 Å². The quantitative estimate of drug-likeness (QED) is 0.232. The van der Waals surface area contributed by atoms with Gasteiger partial charge in [0.1, 0.15) is 17.7 Å². The fraction of sp³-hybridized carbons (Fsp3) is 0.394. The molecule has 208 valence electrons. The zero-order valence-corrected chi connectivity index (χ0v) is 23.4. The van der Waals surface area contributed by atoms with Crippen molar-refractivity contribution in [2.45, 2.75) is 52.1 Å². The summed E-state index contributed by atoms with van der Waals surface area (Å²) in [7, 11) is 1.37. The van der Waals surface area contributed by atoms with Crippen molar-refractivity contribution in [2.24, 2.45) is 5.41 Å². The molecule has 7 heteroatoms. The molecular weight excluding hydrogens is 509 g/mol. The molecular formula is C33H34FNO5. The summed E-state index contributed by atoms with van der Waals surface area (Å²) in [6.45, 7) is 7.85. The Morgan fingerprint density at radius 2 is 1.98 bits per heavy atom. The van der Waals surface area contributed by atoms with E-state index in [0.717, 1.165) is 27.8 Å². The fourth-order valence-electron chi connectivity index (χ4n) is 5.34. The number of carbonyl (C=O) groups is 1. The van der Waals surface area contributed by atoms with Crippen molar-refractivity contribution < 1.29 is 28.1 Å². The van der Waals surface area contributed by atoms with Crippen molar-refractivity contribution in [1.82, 2.24) is 4.98 Å². The summed E-state index contributed by atoms with van der Waals surface area (Å²) < 4.78 is 37.5. The van der Waals surface area contributed by atoms with Crippen LogP contribution in [0.5, 0.6) is 11.6 Å². The van der Waals surface area contributed by atoms with E-state index in [2.05, 4.69) is 23.7 Å². The van der Waals surface area contributed by atoms with Gasteiger partial charge in [-0.3, -0.25) is 4.79 Å².